The van der Waals surface area contributed by atoms with Crippen molar-refractivity contribution in [3.8, 4) is 0 Å². The Kier molecular flexibility index (Phi) is 3.86. The molecule has 0 saturated carbocycles. The molecule has 1 unspecified atom stereocenters. The average molecular weight is 208 g/mol. The molecule has 0 aliphatic rings. The maximum absolute atomic E-state index is 13.6. The summed E-state index contributed by atoms with van der Waals surface area (Å²) in [7, 11) is 1.84. The lowest BCUT2D eigenvalue weighted by atomic mass is 9.92. The first-order chi connectivity index (χ1) is 7.06. The molecule has 0 aliphatic heterocycles. The molecular formula is C12H17FN2. The molecule has 1 aromatic carbocycles. The van der Waals surface area contributed by atoms with Crippen LogP contribution >= 0.6 is 0 Å². The van der Waals surface area contributed by atoms with Crippen LogP contribution in [0.1, 0.15) is 18.4 Å². The number of benzene rings is 1. The highest BCUT2D eigenvalue weighted by Crippen LogP contribution is 2.25. The van der Waals surface area contributed by atoms with Crippen LogP contribution in [0.4, 0.5) is 10.1 Å². The summed E-state index contributed by atoms with van der Waals surface area (Å²) in [6.45, 7) is 6.45. The summed E-state index contributed by atoms with van der Waals surface area (Å²) in [5.41, 5.74) is 7.53. The molecule has 0 amide bonds. The molecule has 0 bridgehead atoms. The molecule has 0 saturated heterocycles. The molecule has 1 rings (SSSR count). The van der Waals surface area contributed by atoms with Gasteiger partial charge in [-0.2, -0.15) is 0 Å². The third kappa shape index (κ3) is 2.80. The second kappa shape index (κ2) is 4.94. The average Bonchev–Trinajstić information content (AvgIpc) is 2.15. The number of nitrogens with one attached hydrogen (secondary N) is 1. The molecule has 2 nitrogen and oxygen atoms in total. The van der Waals surface area contributed by atoms with Crippen LogP contribution in [0.2, 0.25) is 0 Å². The van der Waals surface area contributed by atoms with Crippen molar-refractivity contribution >= 4 is 5.69 Å². The van der Waals surface area contributed by atoms with E-state index in [0.29, 0.717) is 17.8 Å². The monoisotopic (exact) mass is 208 g/mol. The van der Waals surface area contributed by atoms with Gasteiger partial charge in [-0.05, 0) is 31.7 Å². The third-order valence-corrected chi connectivity index (χ3v) is 2.40. The van der Waals surface area contributed by atoms with Crippen molar-refractivity contribution in [3.05, 3.63) is 41.7 Å². The molecule has 0 heterocycles. The zero-order valence-electron chi connectivity index (χ0n) is 9.18. The maximum Gasteiger partial charge on any atom is 0.129 e. The Morgan fingerprint density at radius 2 is 2.27 bits per heavy atom. The third-order valence-electron chi connectivity index (χ3n) is 2.40. The Bertz CT molecular complexity index is 361. The minimum Gasteiger partial charge on any atom is -0.399 e. The van der Waals surface area contributed by atoms with E-state index < -0.39 is 0 Å². The van der Waals surface area contributed by atoms with Gasteiger partial charge in [-0.15, -0.1) is 0 Å². The Balaban J connectivity index is 3.05. The van der Waals surface area contributed by atoms with E-state index in [1.54, 1.807) is 12.1 Å². The second-order valence-corrected chi connectivity index (χ2v) is 3.74. The van der Waals surface area contributed by atoms with Crippen molar-refractivity contribution in [1.82, 2.24) is 5.32 Å². The van der Waals surface area contributed by atoms with Gasteiger partial charge < -0.3 is 11.1 Å². The summed E-state index contributed by atoms with van der Waals surface area (Å²) >= 11 is 0. The largest absolute Gasteiger partial charge is 0.399 e. The summed E-state index contributed by atoms with van der Waals surface area (Å²) in [5.74, 6) is -0.270. The number of nitrogens with two attached hydrogens (primary N) is 1. The first-order valence-electron chi connectivity index (χ1n) is 4.91. The van der Waals surface area contributed by atoms with E-state index in [4.69, 9.17) is 5.73 Å². The molecule has 1 atom stereocenters. The van der Waals surface area contributed by atoms with Crippen LogP contribution in [0.3, 0.4) is 0 Å². The highest BCUT2D eigenvalue weighted by atomic mass is 19.1. The zero-order chi connectivity index (χ0) is 11.4. The molecule has 3 heteroatoms. The van der Waals surface area contributed by atoms with Gasteiger partial charge in [-0.25, -0.2) is 4.39 Å². The van der Waals surface area contributed by atoms with Gasteiger partial charge in [0.05, 0.1) is 0 Å². The Hall–Kier alpha value is -1.35. The fourth-order valence-electron chi connectivity index (χ4n) is 1.58. The molecule has 0 spiro atoms. The Morgan fingerprint density at radius 3 is 2.73 bits per heavy atom. The lowest BCUT2D eigenvalue weighted by Gasteiger charge is -2.18. The molecule has 0 aromatic heterocycles. The van der Waals surface area contributed by atoms with Crippen LogP contribution in [0, 0.1) is 5.82 Å². The highest BCUT2D eigenvalue weighted by molar-refractivity contribution is 5.43. The topological polar surface area (TPSA) is 38.0 Å². The van der Waals surface area contributed by atoms with Gasteiger partial charge in [0, 0.05) is 18.2 Å². The molecule has 0 fully saturated rings. The van der Waals surface area contributed by atoms with Crippen molar-refractivity contribution in [2.75, 3.05) is 19.3 Å². The molecule has 82 valence electrons. The predicted molar refractivity (Wildman–Crippen MR) is 62.3 cm³/mol. The minimum absolute atomic E-state index is 0.00407. The number of anilines is 1. The number of rotatable bonds is 4. The van der Waals surface area contributed by atoms with Gasteiger partial charge in [0.2, 0.25) is 0 Å². The van der Waals surface area contributed by atoms with Crippen LogP contribution in [-0.2, 0) is 0 Å². The van der Waals surface area contributed by atoms with Crippen molar-refractivity contribution in [3.63, 3.8) is 0 Å². The molecule has 0 aliphatic carbocycles. The van der Waals surface area contributed by atoms with Gasteiger partial charge in [0.1, 0.15) is 5.82 Å². The van der Waals surface area contributed by atoms with E-state index in [1.807, 2.05) is 14.0 Å². The van der Waals surface area contributed by atoms with Gasteiger partial charge >= 0.3 is 0 Å². The fourth-order valence-corrected chi connectivity index (χ4v) is 1.58. The van der Waals surface area contributed by atoms with Gasteiger partial charge in [-0.1, -0.05) is 18.2 Å². The molecule has 15 heavy (non-hydrogen) atoms. The number of hydrogen-bond donors (Lipinski definition) is 2. The van der Waals surface area contributed by atoms with Crippen LogP contribution in [0.15, 0.2) is 30.4 Å². The Labute approximate surface area is 90.0 Å². The minimum atomic E-state index is -0.266. The van der Waals surface area contributed by atoms with Crippen molar-refractivity contribution in [2.24, 2.45) is 0 Å². The zero-order valence-corrected chi connectivity index (χ0v) is 9.18. The van der Waals surface area contributed by atoms with Crippen LogP contribution < -0.4 is 11.1 Å². The molecule has 1 aromatic rings. The summed E-state index contributed by atoms with van der Waals surface area (Å²) in [6, 6.07) is 4.78. The number of likely N-dealkylation sites (N-methyl/N-ethyl adjacent to an activating group) is 1. The fraction of sp³-hybridized carbons (Fsp3) is 0.333. The smallest absolute Gasteiger partial charge is 0.129 e. The van der Waals surface area contributed by atoms with Crippen molar-refractivity contribution in [2.45, 2.75) is 12.8 Å². The summed E-state index contributed by atoms with van der Waals surface area (Å²) < 4.78 is 13.6. The van der Waals surface area contributed by atoms with Gasteiger partial charge in [0.25, 0.3) is 0 Å². The highest BCUT2D eigenvalue weighted by Gasteiger charge is 2.15. The molecule has 3 N–H and O–H groups in total. The van der Waals surface area contributed by atoms with E-state index in [0.717, 1.165) is 5.57 Å². The summed E-state index contributed by atoms with van der Waals surface area (Å²) in [6.07, 6.45) is 0. The van der Waals surface area contributed by atoms with Crippen LogP contribution in [0.5, 0.6) is 0 Å². The van der Waals surface area contributed by atoms with Crippen LogP contribution in [0.25, 0.3) is 0 Å². The quantitative estimate of drug-likeness (QED) is 0.588. The van der Waals surface area contributed by atoms with E-state index in [1.165, 1.54) is 6.07 Å². The van der Waals surface area contributed by atoms with E-state index in [2.05, 4.69) is 11.9 Å². The van der Waals surface area contributed by atoms with Gasteiger partial charge in [0.15, 0.2) is 0 Å². The van der Waals surface area contributed by atoms with Crippen LogP contribution in [-0.4, -0.2) is 13.6 Å². The normalized spacial score (nSPS) is 12.5. The first kappa shape index (κ1) is 11.7. The van der Waals surface area contributed by atoms with Gasteiger partial charge in [-0.3, -0.25) is 0 Å². The number of halogens is 1. The van der Waals surface area contributed by atoms with Crippen molar-refractivity contribution in [1.29, 1.82) is 0 Å². The lowest BCUT2D eigenvalue weighted by molar-refractivity contribution is 0.585. The number of nitrogen functional groups attached to an aromatic ring is 1. The molecular weight excluding hydrogens is 191 g/mol. The second-order valence-electron chi connectivity index (χ2n) is 3.74. The lowest BCUT2D eigenvalue weighted by Crippen LogP contribution is -2.19. The molecule has 0 radical (unpaired) electrons. The summed E-state index contributed by atoms with van der Waals surface area (Å²) in [5, 5.41) is 3.03. The first-order valence-corrected chi connectivity index (χ1v) is 4.91. The van der Waals surface area contributed by atoms with E-state index in [-0.39, 0.29) is 11.7 Å². The predicted octanol–water partition coefficient (Wildman–Crippen LogP) is 2.29. The number of hydrogen-bond acceptors (Lipinski definition) is 2. The Morgan fingerprint density at radius 1 is 1.60 bits per heavy atom. The maximum atomic E-state index is 13.6. The SMILES string of the molecule is C=C(C)C(CNC)c1ccc(N)cc1F. The van der Waals surface area contributed by atoms with E-state index in [9.17, 15) is 4.39 Å². The standard InChI is InChI=1S/C12H17FN2/c1-8(2)11(7-15-3)10-5-4-9(14)6-12(10)13/h4-6,11,15H,1,7,14H2,2-3H3. The van der Waals surface area contributed by atoms with Crippen molar-refractivity contribution < 1.29 is 4.39 Å². The summed E-state index contributed by atoms with van der Waals surface area (Å²) in [4.78, 5) is 0. The van der Waals surface area contributed by atoms with E-state index >= 15 is 0 Å².